The number of hydrogen-bond donors (Lipinski definition) is 0. The van der Waals surface area contributed by atoms with E-state index in [0.29, 0.717) is 0 Å². The fraction of sp³-hybridized carbons (Fsp3) is 0.667. The number of carbonyl (C=O) groups excluding carboxylic acids is 1. The van der Waals surface area contributed by atoms with Gasteiger partial charge < -0.3 is 0 Å². The molecular formula is C9H14O. The van der Waals surface area contributed by atoms with Crippen LogP contribution in [0.5, 0.6) is 0 Å². The molecule has 1 aliphatic carbocycles. The summed E-state index contributed by atoms with van der Waals surface area (Å²) in [7, 11) is 0. The summed E-state index contributed by atoms with van der Waals surface area (Å²) in [4.78, 5) is 10.2. The third kappa shape index (κ3) is 1.98. The predicted octanol–water partition coefficient (Wildman–Crippen LogP) is 2.32. The molecule has 1 aliphatic rings. The predicted molar refractivity (Wildman–Crippen MR) is 41.8 cm³/mol. The second kappa shape index (κ2) is 3.55. The van der Waals surface area contributed by atoms with Crippen molar-refractivity contribution in [1.29, 1.82) is 0 Å². The first-order valence-electron chi connectivity index (χ1n) is 3.95. The lowest BCUT2D eigenvalue weighted by Gasteiger charge is -2.23. The standard InChI is InChI=1S/C9H14O/c1-8(7-10)5-6-9-3-2-4-9/h5,7,9H,2-4,6H2,1H3. The summed E-state index contributed by atoms with van der Waals surface area (Å²) in [5, 5.41) is 0. The minimum atomic E-state index is 0.881. The summed E-state index contributed by atoms with van der Waals surface area (Å²) in [6.07, 6.45) is 8.21. The Morgan fingerprint density at radius 3 is 2.70 bits per heavy atom. The zero-order valence-electron chi connectivity index (χ0n) is 6.47. The van der Waals surface area contributed by atoms with E-state index in [0.717, 1.165) is 24.2 Å². The summed E-state index contributed by atoms with van der Waals surface area (Å²) >= 11 is 0. The van der Waals surface area contributed by atoms with Crippen LogP contribution in [0.15, 0.2) is 11.6 Å². The van der Waals surface area contributed by atoms with Crippen LogP contribution < -0.4 is 0 Å². The van der Waals surface area contributed by atoms with Crippen molar-refractivity contribution in [2.45, 2.75) is 32.6 Å². The topological polar surface area (TPSA) is 17.1 Å². The first-order chi connectivity index (χ1) is 4.83. The van der Waals surface area contributed by atoms with E-state index < -0.39 is 0 Å². The SMILES string of the molecule is CC(C=O)=CCC1CCC1. The third-order valence-electron chi connectivity index (χ3n) is 2.18. The molecule has 1 rings (SSSR count). The lowest BCUT2D eigenvalue weighted by Crippen LogP contribution is -2.09. The molecule has 0 aliphatic heterocycles. The average Bonchev–Trinajstić information content (AvgIpc) is 1.84. The Labute approximate surface area is 62.1 Å². The van der Waals surface area contributed by atoms with E-state index in [-0.39, 0.29) is 0 Å². The van der Waals surface area contributed by atoms with Crippen molar-refractivity contribution in [2.24, 2.45) is 5.92 Å². The Bertz CT molecular complexity index is 143. The van der Waals surface area contributed by atoms with Crippen molar-refractivity contribution >= 4 is 6.29 Å². The second-order valence-electron chi connectivity index (χ2n) is 3.10. The Kier molecular flexibility index (Phi) is 2.67. The minimum Gasteiger partial charge on any atom is -0.298 e. The van der Waals surface area contributed by atoms with Crippen molar-refractivity contribution < 1.29 is 4.79 Å². The normalized spacial score (nSPS) is 20.3. The number of rotatable bonds is 3. The molecule has 0 radical (unpaired) electrons. The summed E-state index contributed by atoms with van der Waals surface area (Å²) < 4.78 is 0. The Morgan fingerprint density at radius 2 is 2.30 bits per heavy atom. The molecule has 0 atom stereocenters. The van der Waals surface area contributed by atoms with E-state index in [2.05, 4.69) is 6.08 Å². The summed E-state index contributed by atoms with van der Waals surface area (Å²) in [6.45, 7) is 1.87. The van der Waals surface area contributed by atoms with Crippen molar-refractivity contribution in [2.75, 3.05) is 0 Å². The number of allylic oxidation sites excluding steroid dienone is 2. The average molecular weight is 138 g/mol. The van der Waals surface area contributed by atoms with Gasteiger partial charge in [-0.3, -0.25) is 4.79 Å². The van der Waals surface area contributed by atoms with Gasteiger partial charge in [0.2, 0.25) is 0 Å². The molecule has 1 fully saturated rings. The van der Waals surface area contributed by atoms with Crippen LogP contribution in [0, 0.1) is 5.92 Å². The van der Waals surface area contributed by atoms with Gasteiger partial charge in [0.25, 0.3) is 0 Å². The van der Waals surface area contributed by atoms with Crippen molar-refractivity contribution in [3.8, 4) is 0 Å². The van der Waals surface area contributed by atoms with Gasteiger partial charge >= 0.3 is 0 Å². The van der Waals surface area contributed by atoms with Gasteiger partial charge in [0.1, 0.15) is 6.29 Å². The molecule has 1 saturated carbocycles. The maximum atomic E-state index is 10.2. The van der Waals surface area contributed by atoms with Crippen LogP contribution in [-0.2, 0) is 4.79 Å². The smallest absolute Gasteiger partial charge is 0.145 e. The lowest BCUT2D eigenvalue weighted by molar-refractivity contribution is -0.104. The van der Waals surface area contributed by atoms with E-state index in [9.17, 15) is 4.79 Å². The molecule has 0 heterocycles. The largest absolute Gasteiger partial charge is 0.298 e. The molecule has 0 spiro atoms. The maximum Gasteiger partial charge on any atom is 0.145 e. The van der Waals surface area contributed by atoms with Crippen LogP contribution in [0.1, 0.15) is 32.6 Å². The monoisotopic (exact) mass is 138 g/mol. The van der Waals surface area contributed by atoms with Crippen LogP contribution in [0.3, 0.4) is 0 Å². The number of carbonyl (C=O) groups is 1. The molecule has 0 aromatic carbocycles. The van der Waals surface area contributed by atoms with Gasteiger partial charge in [-0.1, -0.05) is 25.3 Å². The second-order valence-corrected chi connectivity index (χ2v) is 3.10. The van der Waals surface area contributed by atoms with E-state index in [4.69, 9.17) is 0 Å². The fourth-order valence-corrected chi connectivity index (χ4v) is 1.13. The minimum absolute atomic E-state index is 0.881. The molecular weight excluding hydrogens is 124 g/mol. The van der Waals surface area contributed by atoms with E-state index >= 15 is 0 Å². The van der Waals surface area contributed by atoms with Gasteiger partial charge in [0, 0.05) is 0 Å². The zero-order chi connectivity index (χ0) is 7.40. The van der Waals surface area contributed by atoms with Gasteiger partial charge in [-0.2, -0.15) is 0 Å². The molecule has 1 nitrogen and oxygen atoms in total. The molecule has 0 amide bonds. The van der Waals surface area contributed by atoms with Gasteiger partial charge in [-0.05, 0) is 24.8 Å². The molecule has 1 heteroatoms. The van der Waals surface area contributed by atoms with Crippen molar-refractivity contribution in [1.82, 2.24) is 0 Å². The Balaban J connectivity index is 2.18. The number of aldehydes is 1. The molecule has 0 unspecified atom stereocenters. The van der Waals surface area contributed by atoms with Crippen LogP contribution >= 0.6 is 0 Å². The molecule has 10 heavy (non-hydrogen) atoms. The van der Waals surface area contributed by atoms with Crippen LogP contribution in [0.4, 0.5) is 0 Å². The summed E-state index contributed by atoms with van der Waals surface area (Å²) in [5.41, 5.74) is 0.881. The number of hydrogen-bond acceptors (Lipinski definition) is 1. The lowest BCUT2D eigenvalue weighted by atomic mass is 9.83. The van der Waals surface area contributed by atoms with Gasteiger partial charge in [0.05, 0.1) is 0 Å². The highest BCUT2D eigenvalue weighted by Crippen LogP contribution is 2.29. The molecule has 56 valence electrons. The van der Waals surface area contributed by atoms with Crippen LogP contribution in [0.2, 0.25) is 0 Å². The van der Waals surface area contributed by atoms with Crippen LogP contribution in [0.25, 0.3) is 0 Å². The Morgan fingerprint density at radius 1 is 1.60 bits per heavy atom. The Hall–Kier alpha value is -0.590. The highest BCUT2D eigenvalue weighted by atomic mass is 16.1. The third-order valence-corrected chi connectivity index (χ3v) is 2.18. The van der Waals surface area contributed by atoms with Crippen LogP contribution in [-0.4, -0.2) is 6.29 Å². The molecule has 0 saturated heterocycles. The van der Waals surface area contributed by atoms with Gasteiger partial charge in [0.15, 0.2) is 0 Å². The highest BCUT2D eigenvalue weighted by molar-refractivity contribution is 5.71. The van der Waals surface area contributed by atoms with E-state index in [1.165, 1.54) is 19.3 Å². The summed E-state index contributed by atoms with van der Waals surface area (Å²) in [5.74, 6) is 0.884. The highest BCUT2D eigenvalue weighted by Gasteiger charge is 2.15. The first kappa shape index (κ1) is 7.52. The van der Waals surface area contributed by atoms with Gasteiger partial charge in [-0.25, -0.2) is 0 Å². The molecule has 0 bridgehead atoms. The van der Waals surface area contributed by atoms with E-state index in [1.54, 1.807) is 0 Å². The molecule has 0 aromatic rings. The van der Waals surface area contributed by atoms with E-state index in [1.807, 2.05) is 6.92 Å². The van der Waals surface area contributed by atoms with Gasteiger partial charge in [-0.15, -0.1) is 0 Å². The quantitative estimate of drug-likeness (QED) is 0.432. The molecule has 0 aromatic heterocycles. The van der Waals surface area contributed by atoms with Crippen molar-refractivity contribution in [3.05, 3.63) is 11.6 Å². The zero-order valence-corrected chi connectivity index (χ0v) is 6.47. The summed E-state index contributed by atoms with van der Waals surface area (Å²) in [6, 6.07) is 0. The fourth-order valence-electron chi connectivity index (χ4n) is 1.13. The molecule has 0 N–H and O–H groups in total. The maximum absolute atomic E-state index is 10.2. The van der Waals surface area contributed by atoms with Crippen molar-refractivity contribution in [3.63, 3.8) is 0 Å². The first-order valence-corrected chi connectivity index (χ1v) is 3.95.